The van der Waals surface area contributed by atoms with Crippen LogP contribution in [0.2, 0.25) is 18.1 Å². The summed E-state index contributed by atoms with van der Waals surface area (Å²) >= 11 is 0. The summed E-state index contributed by atoms with van der Waals surface area (Å²) in [6, 6.07) is 15.9. The molecule has 1 amide bonds. The van der Waals surface area contributed by atoms with Crippen molar-refractivity contribution in [2.45, 2.75) is 64.4 Å². The number of primary amides is 1. The van der Waals surface area contributed by atoms with E-state index in [1.54, 1.807) is 12.5 Å². The summed E-state index contributed by atoms with van der Waals surface area (Å²) in [6.07, 6.45) is 4.92. The molecule has 2 aromatic heterocycles. The molecule has 0 aliphatic rings. The molecule has 0 spiro atoms. The summed E-state index contributed by atoms with van der Waals surface area (Å²) in [7, 11) is -1.98. The number of rotatable bonds is 11. The van der Waals surface area contributed by atoms with Crippen LogP contribution >= 0.6 is 0 Å². The van der Waals surface area contributed by atoms with Gasteiger partial charge >= 0.3 is 0 Å². The van der Waals surface area contributed by atoms with Gasteiger partial charge in [-0.3, -0.25) is 4.79 Å². The van der Waals surface area contributed by atoms with E-state index < -0.39 is 14.2 Å². The number of carbonyl (C=O) groups excluding carboxylic acids is 1. The van der Waals surface area contributed by atoms with E-state index in [0.717, 1.165) is 24.1 Å². The molecule has 0 aliphatic heterocycles. The summed E-state index contributed by atoms with van der Waals surface area (Å²) in [5.41, 5.74) is 7.57. The van der Waals surface area contributed by atoms with Gasteiger partial charge in [0.2, 0.25) is 5.88 Å². The Bertz CT molecular complexity index is 1080. The maximum atomic E-state index is 11.4. The van der Waals surface area contributed by atoms with Crippen molar-refractivity contribution in [2.75, 3.05) is 6.61 Å². The molecule has 0 radical (unpaired) electrons. The van der Waals surface area contributed by atoms with Gasteiger partial charge in [-0.05, 0) is 37.0 Å². The second kappa shape index (κ2) is 11.0. The molecule has 3 aromatic rings. The van der Waals surface area contributed by atoms with E-state index in [1.165, 1.54) is 0 Å². The molecule has 1 atom stereocenters. The van der Waals surface area contributed by atoms with Crippen molar-refractivity contribution in [1.82, 2.24) is 14.5 Å². The number of hydrogen-bond acceptors (Lipinski definition) is 5. The molecule has 0 fully saturated rings. The van der Waals surface area contributed by atoms with Gasteiger partial charge in [0.05, 0.1) is 24.7 Å². The fourth-order valence-electron chi connectivity index (χ4n) is 3.36. The van der Waals surface area contributed by atoms with Gasteiger partial charge in [0.1, 0.15) is 5.69 Å². The highest BCUT2D eigenvalue weighted by atomic mass is 28.4. The minimum absolute atomic E-state index is 0.0250. The molecule has 3 rings (SSSR count). The predicted molar refractivity (Wildman–Crippen MR) is 137 cm³/mol. The zero-order valence-electron chi connectivity index (χ0n) is 20.8. The Hall–Kier alpha value is -2.97. The highest BCUT2D eigenvalue weighted by Crippen LogP contribution is 2.38. The Balaban J connectivity index is 1.61. The van der Waals surface area contributed by atoms with Crippen LogP contribution in [0.1, 0.15) is 44.1 Å². The lowest BCUT2D eigenvalue weighted by atomic mass is 10.1. The topological polar surface area (TPSA) is 92.3 Å². The Morgan fingerprint density at radius 1 is 1.12 bits per heavy atom. The van der Waals surface area contributed by atoms with Crippen molar-refractivity contribution in [1.29, 1.82) is 0 Å². The fourth-order valence-corrected chi connectivity index (χ4v) is 4.74. The van der Waals surface area contributed by atoms with Crippen LogP contribution in [-0.4, -0.2) is 41.5 Å². The Morgan fingerprint density at radius 3 is 2.50 bits per heavy atom. The lowest BCUT2D eigenvalue weighted by Gasteiger charge is -2.39. The molecular weight excluding hydrogens is 444 g/mol. The lowest BCUT2D eigenvalue weighted by molar-refractivity contribution is 0.0995. The minimum Gasteiger partial charge on any atom is -0.478 e. The Labute approximate surface area is 203 Å². The van der Waals surface area contributed by atoms with Gasteiger partial charge in [0, 0.05) is 24.4 Å². The van der Waals surface area contributed by atoms with Crippen LogP contribution < -0.4 is 10.5 Å². The molecule has 0 bridgehead atoms. The first kappa shape index (κ1) is 25.6. The smallest absolute Gasteiger partial charge is 0.268 e. The van der Waals surface area contributed by atoms with Crippen molar-refractivity contribution < 1.29 is 14.0 Å². The van der Waals surface area contributed by atoms with Gasteiger partial charge in [0.25, 0.3) is 5.91 Å². The van der Waals surface area contributed by atoms with Crippen LogP contribution in [0.5, 0.6) is 5.88 Å². The van der Waals surface area contributed by atoms with E-state index in [-0.39, 0.29) is 16.8 Å². The second-order valence-corrected chi connectivity index (χ2v) is 14.8. The number of aromatic nitrogens is 3. The Morgan fingerprint density at radius 2 is 1.85 bits per heavy atom. The van der Waals surface area contributed by atoms with Crippen LogP contribution in [-0.2, 0) is 11.0 Å². The van der Waals surface area contributed by atoms with Crippen LogP contribution in [0.3, 0.4) is 0 Å². The zero-order valence-corrected chi connectivity index (χ0v) is 21.8. The van der Waals surface area contributed by atoms with Gasteiger partial charge < -0.3 is 19.5 Å². The summed E-state index contributed by atoms with van der Waals surface area (Å²) in [5, 5.41) is 0.0941. The standard InChI is InChI=1S/C26H36N4O3Si/c1-26(2,3)34(4,5)33-21(17-30-18-23(25(27)31)28-19-30)13-10-16-32-24-15-9-14-22(29-24)20-11-7-6-8-12-20/h6-9,11-12,14-15,18-19,21H,10,13,16-17H2,1-5H3,(H2,27,31). The number of carbonyl (C=O) groups is 1. The van der Waals surface area contributed by atoms with Gasteiger partial charge in [-0.1, -0.05) is 57.2 Å². The minimum atomic E-state index is -1.98. The SMILES string of the molecule is CC(C)(C)[Si](C)(C)OC(CCCOc1cccc(-c2ccccc2)n1)Cn1cnc(C(N)=O)c1. The number of pyridine rings is 1. The molecule has 7 nitrogen and oxygen atoms in total. The van der Waals surface area contributed by atoms with E-state index in [4.69, 9.17) is 14.9 Å². The first-order valence-corrected chi connectivity index (χ1v) is 14.6. The molecule has 0 saturated heterocycles. The maximum Gasteiger partial charge on any atom is 0.268 e. The fraction of sp³-hybridized carbons (Fsp3) is 0.423. The van der Waals surface area contributed by atoms with E-state index in [1.807, 2.05) is 53.1 Å². The Kier molecular flexibility index (Phi) is 8.27. The first-order valence-electron chi connectivity index (χ1n) is 11.7. The molecule has 2 heterocycles. The van der Waals surface area contributed by atoms with Gasteiger partial charge in [0.15, 0.2) is 8.32 Å². The van der Waals surface area contributed by atoms with E-state index >= 15 is 0 Å². The summed E-state index contributed by atoms with van der Waals surface area (Å²) in [5.74, 6) is 0.0863. The number of imidazole rings is 1. The zero-order chi connectivity index (χ0) is 24.8. The van der Waals surface area contributed by atoms with Crippen LogP contribution in [0.25, 0.3) is 11.3 Å². The third-order valence-electron chi connectivity index (χ3n) is 6.28. The van der Waals surface area contributed by atoms with Crippen molar-refractivity contribution in [3.05, 3.63) is 66.7 Å². The van der Waals surface area contributed by atoms with E-state index in [9.17, 15) is 4.79 Å². The largest absolute Gasteiger partial charge is 0.478 e. The monoisotopic (exact) mass is 480 g/mol. The number of nitrogens with zero attached hydrogens (tertiary/aromatic N) is 3. The lowest BCUT2D eigenvalue weighted by Crippen LogP contribution is -2.45. The third-order valence-corrected chi connectivity index (χ3v) is 10.8. The van der Waals surface area contributed by atoms with Gasteiger partial charge in [-0.2, -0.15) is 0 Å². The van der Waals surface area contributed by atoms with Crippen molar-refractivity contribution >= 4 is 14.2 Å². The number of amides is 1. The highest BCUT2D eigenvalue weighted by Gasteiger charge is 2.39. The molecule has 34 heavy (non-hydrogen) atoms. The van der Waals surface area contributed by atoms with E-state index in [0.29, 0.717) is 19.0 Å². The number of nitrogens with two attached hydrogens (primary N) is 1. The van der Waals surface area contributed by atoms with Crippen molar-refractivity contribution in [3.63, 3.8) is 0 Å². The maximum absolute atomic E-state index is 11.4. The third kappa shape index (κ3) is 7.01. The molecule has 0 saturated carbocycles. The van der Waals surface area contributed by atoms with Crippen molar-refractivity contribution in [2.24, 2.45) is 5.73 Å². The average Bonchev–Trinajstić information content (AvgIpc) is 3.25. The molecule has 182 valence electrons. The highest BCUT2D eigenvalue weighted by molar-refractivity contribution is 6.74. The quantitative estimate of drug-likeness (QED) is 0.297. The normalized spacial score (nSPS) is 13.0. The first-order chi connectivity index (χ1) is 16.0. The number of benzene rings is 1. The van der Waals surface area contributed by atoms with Crippen LogP contribution in [0.15, 0.2) is 61.1 Å². The second-order valence-electron chi connectivity index (χ2n) is 10.0. The van der Waals surface area contributed by atoms with Crippen molar-refractivity contribution in [3.8, 4) is 17.1 Å². The number of hydrogen-bond donors (Lipinski definition) is 1. The van der Waals surface area contributed by atoms with Gasteiger partial charge in [-0.15, -0.1) is 0 Å². The summed E-state index contributed by atoms with van der Waals surface area (Å²) in [6.45, 7) is 12.3. The molecule has 0 aliphatic carbocycles. The molecule has 1 unspecified atom stereocenters. The van der Waals surface area contributed by atoms with Crippen LogP contribution in [0, 0.1) is 0 Å². The van der Waals surface area contributed by atoms with E-state index in [2.05, 4.69) is 43.8 Å². The average molecular weight is 481 g/mol. The number of ether oxygens (including phenoxy) is 1. The van der Waals surface area contributed by atoms with Crippen LogP contribution in [0.4, 0.5) is 0 Å². The van der Waals surface area contributed by atoms with Gasteiger partial charge in [-0.25, -0.2) is 9.97 Å². The molecule has 1 aromatic carbocycles. The molecular formula is C26H36N4O3Si. The summed E-state index contributed by atoms with van der Waals surface area (Å²) in [4.78, 5) is 20.2. The molecule has 8 heteroatoms. The predicted octanol–water partition coefficient (Wildman–Crippen LogP) is 5.29. The summed E-state index contributed by atoms with van der Waals surface area (Å²) < 4.78 is 14.6. The molecule has 2 N–H and O–H groups in total.